The molecule has 0 N–H and O–H groups in total. The van der Waals surface area contributed by atoms with Gasteiger partial charge in [0.15, 0.2) is 0 Å². The molecule has 0 saturated carbocycles. The summed E-state index contributed by atoms with van der Waals surface area (Å²) < 4.78 is 1.60. The van der Waals surface area contributed by atoms with Gasteiger partial charge in [0.25, 0.3) is 5.82 Å². The van der Waals surface area contributed by atoms with Gasteiger partial charge in [-0.1, -0.05) is 12.2 Å². The topological polar surface area (TPSA) is 54.5 Å². The Bertz CT molecular complexity index is 309. The Labute approximate surface area is 75.9 Å². The van der Waals surface area contributed by atoms with Crippen LogP contribution in [0, 0.1) is 11.3 Å². The van der Waals surface area contributed by atoms with Crippen LogP contribution in [0.1, 0.15) is 5.82 Å². The second kappa shape index (κ2) is 4.57. The fourth-order valence-corrected chi connectivity index (χ4v) is 0.840. The van der Waals surface area contributed by atoms with Crippen LogP contribution in [0.2, 0.25) is 0 Å². The highest BCUT2D eigenvalue weighted by Crippen LogP contribution is 1.88. The summed E-state index contributed by atoms with van der Waals surface area (Å²) in [4.78, 5) is 3.75. The van der Waals surface area contributed by atoms with Gasteiger partial charge in [-0.05, 0) is 0 Å². The highest BCUT2D eigenvalue weighted by atomic mass is 32.1. The second-order valence-electron chi connectivity index (χ2n) is 2.06. The Morgan fingerprint density at radius 2 is 2.50 bits per heavy atom. The quantitative estimate of drug-likeness (QED) is 0.548. The molecule has 1 aromatic rings. The lowest BCUT2D eigenvalue weighted by Crippen LogP contribution is -1.95. The molecule has 0 aliphatic carbocycles. The average molecular weight is 180 g/mol. The molecule has 4 nitrogen and oxygen atoms in total. The molecule has 0 amide bonds. The van der Waals surface area contributed by atoms with Crippen LogP contribution in [0.4, 0.5) is 0 Å². The number of thiol groups is 1. The van der Waals surface area contributed by atoms with Gasteiger partial charge >= 0.3 is 0 Å². The van der Waals surface area contributed by atoms with Crippen molar-refractivity contribution in [2.75, 3.05) is 5.75 Å². The van der Waals surface area contributed by atoms with Crippen molar-refractivity contribution in [1.29, 1.82) is 5.26 Å². The van der Waals surface area contributed by atoms with Gasteiger partial charge < -0.3 is 0 Å². The van der Waals surface area contributed by atoms with E-state index in [0.29, 0.717) is 12.3 Å². The average Bonchev–Trinajstić information content (AvgIpc) is 2.53. The molecule has 0 fully saturated rings. The fraction of sp³-hybridized carbons (Fsp3) is 0.286. The number of hydrogen-bond acceptors (Lipinski definition) is 4. The predicted octanol–water partition coefficient (Wildman–Crippen LogP) is 0.636. The van der Waals surface area contributed by atoms with Crippen LogP contribution in [0.25, 0.3) is 0 Å². The molecule has 0 saturated heterocycles. The van der Waals surface area contributed by atoms with Crippen LogP contribution in [-0.4, -0.2) is 20.5 Å². The summed E-state index contributed by atoms with van der Waals surface area (Å²) in [5, 5.41) is 12.3. The highest BCUT2D eigenvalue weighted by molar-refractivity contribution is 7.80. The molecule has 0 radical (unpaired) electrons. The monoisotopic (exact) mass is 180 g/mol. The maximum absolute atomic E-state index is 8.40. The van der Waals surface area contributed by atoms with Crippen LogP contribution in [-0.2, 0) is 6.54 Å². The van der Waals surface area contributed by atoms with E-state index in [4.69, 9.17) is 5.26 Å². The van der Waals surface area contributed by atoms with E-state index in [-0.39, 0.29) is 5.82 Å². The smallest absolute Gasteiger partial charge is 0.248 e. The number of nitrogens with zero attached hydrogens (tertiary/aromatic N) is 4. The van der Waals surface area contributed by atoms with Crippen LogP contribution in [0.3, 0.4) is 0 Å². The molecule has 0 aliphatic heterocycles. The van der Waals surface area contributed by atoms with Gasteiger partial charge in [0.2, 0.25) is 0 Å². The molecule has 0 unspecified atom stereocenters. The van der Waals surface area contributed by atoms with Gasteiger partial charge in [0.1, 0.15) is 12.4 Å². The third kappa shape index (κ3) is 2.40. The molecule has 0 aromatic carbocycles. The van der Waals surface area contributed by atoms with Crippen molar-refractivity contribution in [1.82, 2.24) is 14.8 Å². The van der Waals surface area contributed by atoms with E-state index in [0.717, 1.165) is 0 Å². The zero-order valence-electron chi connectivity index (χ0n) is 6.38. The SMILES string of the molecule is N#Cc1ncn(C/C=C/CS)n1. The number of nitriles is 1. The van der Waals surface area contributed by atoms with Crippen molar-refractivity contribution < 1.29 is 0 Å². The van der Waals surface area contributed by atoms with Crippen LogP contribution in [0.15, 0.2) is 18.5 Å². The Balaban J connectivity index is 2.54. The number of rotatable bonds is 3. The summed E-state index contributed by atoms with van der Waals surface area (Å²) in [5.41, 5.74) is 0. The van der Waals surface area contributed by atoms with Crippen molar-refractivity contribution in [3.05, 3.63) is 24.3 Å². The molecule has 0 aliphatic rings. The number of aromatic nitrogens is 3. The Morgan fingerprint density at radius 3 is 3.08 bits per heavy atom. The fourth-order valence-electron chi connectivity index (χ4n) is 0.691. The normalized spacial score (nSPS) is 10.3. The minimum absolute atomic E-state index is 0.203. The van der Waals surface area contributed by atoms with Crippen molar-refractivity contribution in [3.63, 3.8) is 0 Å². The number of allylic oxidation sites excluding steroid dienone is 1. The number of hydrogen-bond donors (Lipinski definition) is 1. The molecule has 0 spiro atoms. The van der Waals surface area contributed by atoms with Crippen LogP contribution >= 0.6 is 12.6 Å². The van der Waals surface area contributed by atoms with E-state index >= 15 is 0 Å². The third-order valence-corrected chi connectivity index (χ3v) is 1.41. The van der Waals surface area contributed by atoms with Gasteiger partial charge in [0.05, 0.1) is 6.54 Å². The van der Waals surface area contributed by atoms with Gasteiger partial charge in [-0.3, -0.25) is 0 Å². The van der Waals surface area contributed by atoms with E-state index in [2.05, 4.69) is 22.7 Å². The molecular weight excluding hydrogens is 172 g/mol. The van der Waals surface area contributed by atoms with Gasteiger partial charge in [-0.2, -0.15) is 17.9 Å². The lowest BCUT2D eigenvalue weighted by Gasteiger charge is -1.90. The van der Waals surface area contributed by atoms with E-state index < -0.39 is 0 Å². The van der Waals surface area contributed by atoms with Crippen molar-refractivity contribution in [2.24, 2.45) is 0 Å². The maximum atomic E-state index is 8.40. The Kier molecular flexibility index (Phi) is 3.35. The molecule has 0 atom stereocenters. The summed E-state index contributed by atoms with van der Waals surface area (Å²) >= 11 is 4.01. The zero-order chi connectivity index (χ0) is 8.81. The first kappa shape index (κ1) is 8.81. The largest absolute Gasteiger partial charge is 0.252 e. The summed E-state index contributed by atoms with van der Waals surface area (Å²) in [6.07, 6.45) is 5.36. The molecule has 0 bridgehead atoms. The van der Waals surface area contributed by atoms with Crippen molar-refractivity contribution in [3.8, 4) is 6.07 Å². The van der Waals surface area contributed by atoms with Crippen LogP contribution in [0.5, 0.6) is 0 Å². The van der Waals surface area contributed by atoms with E-state index in [1.54, 1.807) is 4.68 Å². The first-order chi connectivity index (χ1) is 5.86. The summed E-state index contributed by atoms with van der Waals surface area (Å²) in [7, 11) is 0. The lowest BCUT2D eigenvalue weighted by molar-refractivity contribution is 0.696. The standard InChI is InChI=1S/C7H8N4S/c8-5-7-9-6-11(10-7)3-1-2-4-12/h1-2,6,12H,3-4H2/b2-1+. The molecular formula is C7H8N4S. The molecule has 12 heavy (non-hydrogen) atoms. The Morgan fingerprint density at radius 1 is 1.67 bits per heavy atom. The summed E-state index contributed by atoms with van der Waals surface area (Å²) in [6, 6.07) is 1.86. The molecule has 1 heterocycles. The summed E-state index contributed by atoms with van der Waals surface area (Å²) in [6.45, 7) is 0.634. The van der Waals surface area contributed by atoms with E-state index in [1.165, 1.54) is 6.33 Å². The molecule has 1 aromatic heterocycles. The zero-order valence-corrected chi connectivity index (χ0v) is 7.28. The summed E-state index contributed by atoms with van der Waals surface area (Å²) in [5.74, 6) is 0.911. The van der Waals surface area contributed by atoms with Gasteiger partial charge in [-0.25, -0.2) is 9.67 Å². The van der Waals surface area contributed by atoms with Crippen molar-refractivity contribution in [2.45, 2.75) is 6.54 Å². The second-order valence-corrected chi connectivity index (χ2v) is 2.42. The highest BCUT2D eigenvalue weighted by Gasteiger charge is 1.94. The first-order valence-corrected chi connectivity index (χ1v) is 4.05. The molecule has 1 rings (SSSR count). The molecule has 5 heteroatoms. The minimum atomic E-state index is 0.203. The van der Waals surface area contributed by atoms with Gasteiger partial charge in [0, 0.05) is 5.75 Å². The minimum Gasteiger partial charge on any atom is -0.248 e. The maximum Gasteiger partial charge on any atom is 0.252 e. The van der Waals surface area contributed by atoms with Gasteiger partial charge in [-0.15, -0.1) is 5.10 Å². The van der Waals surface area contributed by atoms with Crippen LogP contribution < -0.4 is 0 Å². The first-order valence-electron chi connectivity index (χ1n) is 3.42. The Hall–Kier alpha value is -1.28. The third-order valence-electron chi connectivity index (χ3n) is 1.20. The van der Waals surface area contributed by atoms with E-state index in [1.807, 2.05) is 18.2 Å². The predicted molar refractivity (Wildman–Crippen MR) is 47.7 cm³/mol. The molecule has 62 valence electrons. The van der Waals surface area contributed by atoms with Crippen molar-refractivity contribution >= 4 is 12.6 Å². The lowest BCUT2D eigenvalue weighted by atomic mass is 10.5. The van der Waals surface area contributed by atoms with E-state index in [9.17, 15) is 0 Å².